The van der Waals surface area contributed by atoms with Gasteiger partial charge in [-0.05, 0) is 37.6 Å². The number of nitrogens with one attached hydrogen (secondary N) is 1. The maximum Gasteiger partial charge on any atom is 0.118 e. The van der Waals surface area contributed by atoms with E-state index in [9.17, 15) is 4.21 Å². The first-order chi connectivity index (χ1) is 9.13. The molecule has 0 fully saturated rings. The Morgan fingerprint density at radius 2 is 1.89 bits per heavy atom. The van der Waals surface area contributed by atoms with E-state index in [0.717, 1.165) is 24.5 Å². The first kappa shape index (κ1) is 16.2. The van der Waals surface area contributed by atoms with Crippen molar-refractivity contribution in [2.45, 2.75) is 38.5 Å². The van der Waals surface area contributed by atoms with Gasteiger partial charge in [-0.1, -0.05) is 26.0 Å². The first-order valence-electron chi connectivity index (χ1n) is 6.88. The summed E-state index contributed by atoms with van der Waals surface area (Å²) in [7, 11) is 0.865. The van der Waals surface area contributed by atoms with Crippen LogP contribution in [0.4, 0.5) is 0 Å². The molecule has 3 unspecified atom stereocenters. The van der Waals surface area contributed by atoms with Crippen molar-refractivity contribution in [3.63, 3.8) is 0 Å². The lowest BCUT2D eigenvalue weighted by molar-refractivity contribution is 0.414. The molecule has 3 nitrogen and oxygen atoms in total. The zero-order chi connectivity index (χ0) is 14.3. The molecule has 0 radical (unpaired) electrons. The smallest absolute Gasteiger partial charge is 0.118 e. The summed E-state index contributed by atoms with van der Waals surface area (Å²) in [5, 5.41) is 3.55. The predicted octanol–water partition coefficient (Wildman–Crippen LogP) is 2.89. The standard InChI is InChI=1S/C15H25NO2S/c1-5-11-19(17)12(3)15(16-6-2)13-7-9-14(18-4)10-8-13/h7-10,12,15-16H,5-6,11H2,1-4H3. The Bertz CT molecular complexity index is 392. The fraction of sp³-hybridized carbons (Fsp3) is 0.600. The van der Waals surface area contributed by atoms with Gasteiger partial charge in [-0.15, -0.1) is 0 Å². The van der Waals surface area contributed by atoms with Crippen LogP contribution in [0.1, 0.15) is 38.8 Å². The SMILES string of the molecule is CCCS(=O)C(C)C(NCC)c1ccc(OC)cc1. The average molecular weight is 283 g/mol. The molecule has 0 heterocycles. The van der Waals surface area contributed by atoms with Gasteiger partial charge in [0.25, 0.3) is 0 Å². The summed E-state index contributed by atoms with van der Waals surface area (Å²) in [6.45, 7) is 7.07. The van der Waals surface area contributed by atoms with E-state index in [0.29, 0.717) is 0 Å². The molecule has 4 heteroatoms. The van der Waals surface area contributed by atoms with Gasteiger partial charge < -0.3 is 10.1 Å². The highest BCUT2D eigenvalue weighted by Crippen LogP contribution is 2.23. The van der Waals surface area contributed by atoms with Gasteiger partial charge in [0.2, 0.25) is 0 Å². The van der Waals surface area contributed by atoms with Crippen LogP contribution in [0.2, 0.25) is 0 Å². The van der Waals surface area contributed by atoms with Crippen LogP contribution in [0.15, 0.2) is 24.3 Å². The summed E-state index contributed by atoms with van der Waals surface area (Å²) in [6, 6.07) is 8.13. The summed E-state index contributed by atoms with van der Waals surface area (Å²) in [6.07, 6.45) is 0.957. The van der Waals surface area contributed by atoms with Gasteiger partial charge in [0.05, 0.1) is 12.4 Å². The molecule has 19 heavy (non-hydrogen) atoms. The van der Waals surface area contributed by atoms with Gasteiger partial charge in [0.1, 0.15) is 5.75 Å². The molecule has 1 rings (SSSR count). The fourth-order valence-electron chi connectivity index (χ4n) is 2.12. The molecule has 1 N–H and O–H groups in total. The molecule has 108 valence electrons. The number of methoxy groups -OCH3 is 1. The zero-order valence-electron chi connectivity index (χ0n) is 12.3. The highest BCUT2D eigenvalue weighted by Gasteiger charge is 2.23. The number of benzene rings is 1. The minimum Gasteiger partial charge on any atom is -0.497 e. The van der Waals surface area contributed by atoms with Crippen LogP contribution in [-0.4, -0.2) is 28.9 Å². The third-order valence-corrected chi connectivity index (χ3v) is 5.10. The lowest BCUT2D eigenvalue weighted by Gasteiger charge is -2.25. The molecular weight excluding hydrogens is 258 g/mol. The van der Waals surface area contributed by atoms with E-state index in [1.807, 2.05) is 24.3 Å². The summed E-state index contributed by atoms with van der Waals surface area (Å²) < 4.78 is 17.4. The Morgan fingerprint density at radius 3 is 2.37 bits per heavy atom. The van der Waals surface area contributed by atoms with E-state index in [-0.39, 0.29) is 11.3 Å². The van der Waals surface area contributed by atoms with Crippen molar-refractivity contribution in [3.05, 3.63) is 29.8 Å². The summed E-state index contributed by atoms with van der Waals surface area (Å²) in [5.74, 6) is 1.61. The molecule has 1 aromatic rings. The topological polar surface area (TPSA) is 38.3 Å². The van der Waals surface area contributed by atoms with Crippen molar-refractivity contribution in [1.29, 1.82) is 0 Å². The predicted molar refractivity (Wildman–Crippen MR) is 82.2 cm³/mol. The monoisotopic (exact) mass is 283 g/mol. The Labute approximate surface area is 119 Å². The van der Waals surface area contributed by atoms with Crippen LogP contribution in [0.5, 0.6) is 5.75 Å². The first-order valence-corrected chi connectivity index (χ1v) is 8.26. The van der Waals surface area contributed by atoms with E-state index in [1.54, 1.807) is 7.11 Å². The average Bonchev–Trinajstić information content (AvgIpc) is 2.44. The van der Waals surface area contributed by atoms with Crippen molar-refractivity contribution < 1.29 is 8.95 Å². The van der Waals surface area contributed by atoms with Crippen molar-refractivity contribution in [2.24, 2.45) is 0 Å². The van der Waals surface area contributed by atoms with Gasteiger partial charge >= 0.3 is 0 Å². The molecule has 0 aliphatic rings. The minimum atomic E-state index is -0.798. The molecule has 0 aromatic heterocycles. The molecule has 0 amide bonds. The second-order valence-corrected chi connectivity index (χ2v) is 6.51. The summed E-state index contributed by atoms with van der Waals surface area (Å²) in [4.78, 5) is 0. The molecule has 0 bridgehead atoms. The van der Waals surface area contributed by atoms with Crippen molar-refractivity contribution in [3.8, 4) is 5.75 Å². The number of rotatable bonds is 8. The number of hydrogen-bond acceptors (Lipinski definition) is 3. The number of ether oxygens (including phenoxy) is 1. The van der Waals surface area contributed by atoms with Gasteiger partial charge in [-0.25, -0.2) is 0 Å². The Hall–Kier alpha value is -0.870. The summed E-state index contributed by atoms with van der Waals surface area (Å²) in [5.41, 5.74) is 1.17. The Kier molecular flexibility index (Phi) is 7.10. The Balaban J connectivity index is 2.88. The van der Waals surface area contributed by atoms with Crippen molar-refractivity contribution in [1.82, 2.24) is 5.32 Å². The van der Waals surface area contributed by atoms with Crippen molar-refractivity contribution >= 4 is 10.8 Å². The lowest BCUT2D eigenvalue weighted by Crippen LogP contribution is -2.33. The second kappa shape index (κ2) is 8.33. The third kappa shape index (κ3) is 4.62. The molecule has 3 atom stereocenters. The maximum atomic E-state index is 12.2. The quantitative estimate of drug-likeness (QED) is 0.797. The molecular formula is C15H25NO2S. The van der Waals surface area contributed by atoms with E-state index in [1.165, 1.54) is 5.56 Å². The van der Waals surface area contributed by atoms with Crippen LogP contribution in [0.3, 0.4) is 0 Å². The van der Waals surface area contributed by atoms with Gasteiger partial charge in [-0.2, -0.15) is 0 Å². The second-order valence-electron chi connectivity index (χ2n) is 4.60. The van der Waals surface area contributed by atoms with Crippen LogP contribution in [-0.2, 0) is 10.8 Å². The van der Waals surface area contributed by atoms with Crippen molar-refractivity contribution in [2.75, 3.05) is 19.4 Å². The van der Waals surface area contributed by atoms with Crippen LogP contribution < -0.4 is 10.1 Å². The van der Waals surface area contributed by atoms with E-state index >= 15 is 0 Å². The highest BCUT2D eigenvalue weighted by atomic mass is 32.2. The van der Waals surface area contributed by atoms with Gasteiger partial charge in [0.15, 0.2) is 0 Å². The normalized spacial score (nSPS) is 15.8. The summed E-state index contributed by atoms with van der Waals surface area (Å²) >= 11 is 0. The van der Waals surface area contributed by atoms with Gasteiger partial charge in [0, 0.05) is 22.6 Å². The van der Waals surface area contributed by atoms with Crippen LogP contribution in [0, 0.1) is 0 Å². The molecule has 0 saturated carbocycles. The number of hydrogen-bond donors (Lipinski definition) is 1. The van der Waals surface area contributed by atoms with E-state index in [4.69, 9.17) is 4.74 Å². The van der Waals surface area contributed by atoms with Crippen LogP contribution in [0.25, 0.3) is 0 Å². The molecule has 0 spiro atoms. The molecule has 0 aliphatic heterocycles. The molecule has 0 saturated heterocycles. The maximum absolute atomic E-state index is 12.2. The van der Waals surface area contributed by atoms with Gasteiger partial charge in [-0.3, -0.25) is 4.21 Å². The van der Waals surface area contributed by atoms with E-state index in [2.05, 4.69) is 26.1 Å². The molecule has 0 aliphatic carbocycles. The highest BCUT2D eigenvalue weighted by molar-refractivity contribution is 7.85. The van der Waals surface area contributed by atoms with Crippen LogP contribution >= 0.6 is 0 Å². The Morgan fingerprint density at radius 1 is 1.26 bits per heavy atom. The van der Waals surface area contributed by atoms with E-state index < -0.39 is 10.8 Å². The lowest BCUT2D eigenvalue weighted by atomic mass is 10.0. The largest absolute Gasteiger partial charge is 0.497 e. The molecule has 1 aromatic carbocycles. The zero-order valence-corrected chi connectivity index (χ0v) is 13.1. The third-order valence-electron chi connectivity index (χ3n) is 3.19. The minimum absolute atomic E-state index is 0.105. The fourth-order valence-corrected chi connectivity index (χ4v) is 3.46.